The van der Waals surface area contributed by atoms with E-state index in [9.17, 15) is 4.79 Å². The van der Waals surface area contributed by atoms with Gasteiger partial charge < -0.3 is 4.90 Å². The molecule has 1 amide bonds. The molecule has 0 fully saturated rings. The van der Waals surface area contributed by atoms with Crippen LogP contribution in [0.5, 0.6) is 0 Å². The van der Waals surface area contributed by atoms with Gasteiger partial charge in [-0.15, -0.1) is 0 Å². The Labute approximate surface area is 121 Å². The molecule has 1 aromatic carbocycles. The highest BCUT2D eigenvalue weighted by molar-refractivity contribution is 9.11. The van der Waals surface area contributed by atoms with Crippen molar-refractivity contribution in [1.29, 1.82) is 0 Å². The third kappa shape index (κ3) is 3.57. The van der Waals surface area contributed by atoms with Crippen molar-refractivity contribution >= 4 is 53.7 Å². The van der Waals surface area contributed by atoms with Crippen LogP contribution in [0.4, 0.5) is 0 Å². The molecule has 0 aromatic heterocycles. The van der Waals surface area contributed by atoms with Crippen LogP contribution in [0.3, 0.4) is 0 Å². The summed E-state index contributed by atoms with van der Waals surface area (Å²) in [5, 5.41) is 0.792. The fraction of sp³-hybridized carbons (Fsp3) is 0.364. The number of alkyl halides is 1. The maximum Gasteiger partial charge on any atom is 0.255 e. The van der Waals surface area contributed by atoms with E-state index in [1.165, 1.54) is 0 Å². The van der Waals surface area contributed by atoms with Gasteiger partial charge in [-0.3, -0.25) is 4.79 Å². The number of benzene rings is 1. The fourth-order valence-corrected chi connectivity index (χ4v) is 2.98. The number of carbonyl (C=O) groups is 1. The Hall–Kier alpha value is 0.130. The summed E-state index contributed by atoms with van der Waals surface area (Å²) in [6.07, 6.45) is 0. The van der Waals surface area contributed by atoms with Crippen LogP contribution in [0.25, 0.3) is 0 Å². The standard InChI is InChI=1S/C11H12Br3NO/c1-2-15(6-5-12)11(16)9-4-3-8(13)7-10(9)14/h3-4,7H,2,5-6H2,1H3. The molecule has 0 bridgehead atoms. The molecule has 0 saturated carbocycles. The number of carbonyl (C=O) groups excluding carboxylic acids is 1. The number of nitrogens with zero attached hydrogens (tertiary/aromatic N) is 1. The summed E-state index contributed by atoms with van der Waals surface area (Å²) in [5.74, 6) is 0.0568. The molecule has 0 aliphatic rings. The van der Waals surface area contributed by atoms with E-state index in [-0.39, 0.29) is 5.91 Å². The molecule has 0 saturated heterocycles. The van der Waals surface area contributed by atoms with E-state index in [0.29, 0.717) is 12.1 Å². The highest BCUT2D eigenvalue weighted by Crippen LogP contribution is 2.23. The van der Waals surface area contributed by atoms with E-state index in [1.54, 1.807) is 0 Å². The van der Waals surface area contributed by atoms with E-state index in [1.807, 2.05) is 30.0 Å². The summed E-state index contributed by atoms with van der Waals surface area (Å²) >= 11 is 10.1. The molecule has 16 heavy (non-hydrogen) atoms. The van der Waals surface area contributed by atoms with Gasteiger partial charge in [-0.1, -0.05) is 31.9 Å². The number of rotatable bonds is 4. The van der Waals surface area contributed by atoms with Crippen LogP contribution in [0.15, 0.2) is 27.1 Å². The summed E-state index contributed by atoms with van der Waals surface area (Å²) in [6.45, 7) is 3.41. The summed E-state index contributed by atoms with van der Waals surface area (Å²) in [4.78, 5) is 14.0. The van der Waals surface area contributed by atoms with Gasteiger partial charge in [-0.05, 0) is 41.1 Å². The number of amides is 1. The third-order valence-electron chi connectivity index (χ3n) is 2.18. The lowest BCUT2D eigenvalue weighted by atomic mass is 10.2. The lowest BCUT2D eigenvalue weighted by molar-refractivity contribution is 0.0774. The predicted molar refractivity (Wildman–Crippen MR) is 77.2 cm³/mol. The van der Waals surface area contributed by atoms with E-state index >= 15 is 0 Å². The van der Waals surface area contributed by atoms with Gasteiger partial charge in [0.1, 0.15) is 0 Å². The molecule has 0 aliphatic heterocycles. The lowest BCUT2D eigenvalue weighted by Gasteiger charge is -2.20. The van der Waals surface area contributed by atoms with Crippen LogP contribution in [-0.4, -0.2) is 29.2 Å². The lowest BCUT2D eigenvalue weighted by Crippen LogP contribution is -2.32. The Bertz CT molecular complexity index is 381. The first-order chi connectivity index (χ1) is 7.60. The normalized spacial score (nSPS) is 10.2. The molecule has 0 spiro atoms. The monoisotopic (exact) mass is 411 g/mol. The maximum atomic E-state index is 12.2. The molecule has 2 nitrogen and oxygen atoms in total. The van der Waals surface area contributed by atoms with Gasteiger partial charge >= 0.3 is 0 Å². The fourth-order valence-electron chi connectivity index (χ4n) is 1.34. The first kappa shape index (κ1) is 14.2. The smallest absolute Gasteiger partial charge is 0.255 e. The number of hydrogen-bond donors (Lipinski definition) is 0. The number of halogens is 3. The predicted octanol–water partition coefficient (Wildman–Crippen LogP) is 4.07. The summed E-state index contributed by atoms with van der Waals surface area (Å²) in [7, 11) is 0. The van der Waals surface area contributed by atoms with Crippen molar-refractivity contribution in [2.75, 3.05) is 18.4 Å². The minimum Gasteiger partial charge on any atom is -0.338 e. The van der Waals surface area contributed by atoms with Gasteiger partial charge in [0.05, 0.1) is 5.56 Å². The zero-order valence-corrected chi connectivity index (χ0v) is 13.6. The van der Waals surface area contributed by atoms with Crippen molar-refractivity contribution in [3.8, 4) is 0 Å². The highest BCUT2D eigenvalue weighted by Gasteiger charge is 2.16. The topological polar surface area (TPSA) is 20.3 Å². The molecule has 0 atom stereocenters. The Morgan fingerprint density at radius 1 is 1.38 bits per heavy atom. The molecule has 88 valence electrons. The first-order valence-corrected chi connectivity index (χ1v) is 7.61. The van der Waals surface area contributed by atoms with Gasteiger partial charge in [0.2, 0.25) is 0 Å². The SMILES string of the molecule is CCN(CCBr)C(=O)c1ccc(Br)cc1Br. The van der Waals surface area contributed by atoms with E-state index in [0.717, 1.165) is 20.8 Å². The molecular weight excluding hydrogens is 402 g/mol. The second-order valence-corrected chi connectivity index (χ2v) is 5.76. The van der Waals surface area contributed by atoms with Crippen LogP contribution >= 0.6 is 47.8 Å². The van der Waals surface area contributed by atoms with Crippen LogP contribution in [-0.2, 0) is 0 Å². The van der Waals surface area contributed by atoms with E-state index in [4.69, 9.17) is 0 Å². The first-order valence-electron chi connectivity index (χ1n) is 4.90. The quantitative estimate of drug-likeness (QED) is 0.681. The molecular formula is C11H12Br3NO. The number of hydrogen-bond acceptors (Lipinski definition) is 1. The van der Waals surface area contributed by atoms with Crippen molar-refractivity contribution in [2.45, 2.75) is 6.92 Å². The zero-order valence-electron chi connectivity index (χ0n) is 8.84. The minimum atomic E-state index is 0.0568. The van der Waals surface area contributed by atoms with Gasteiger partial charge in [-0.2, -0.15) is 0 Å². The Morgan fingerprint density at radius 2 is 2.06 bits per heavy atom. The summed E-state index contributed by atoms with van der Waals surface area (Å²) < 4.78 is 1.78. The molecule has 5 heteroatoms. The molecule has 0 aliphatic carbocycles. The van der Waals surface area contributed by atoms with Crippen LogP contribution < -0.4 is 0 Å². The van der Waals surface area contributed by atoms with Gasteiger partial charge in [0, 0.05) is 27.4 Å². The minimum absolute atomic E-state index is 0.0568. The molecule has 0 N–H and O–H groups in total. The molecule has 0 radical (unpaired) electrons. The van der Waals surface area contributed by atoms with Crippen molar-refractivity contribution in [3.05, 3.63) is 32.7 Å². The molecule has 0 heterocycles. The summed E-state index contributed by atoms with van der Waals surface area (Å²) in [5.41, 5.74) is 0.700. The van der Waals surface area contributed by atoms with Crippen LogP contribution in [0.1, 0.15) is 17.3 Å². The average molecular weight is 414 g/mol. The van der Waals surface area contributed by atoms with Crippen molar-refractivity contribution in [3.63, 3.8) is 0 Å². The van der Waals surface area contributed by atoms with Crippen molar-refractivity contribution in [1.82, 2.24) is 4.90 Å². The third-order valence-corrected chi connectivity index (χ3v) is 3.69. The van der Waals surface area contributed by atoms with Crippen LogP contribution in [0.2, 0.25) is 0 Å². The second-order valence-electron chi connectivity index (χ2n) is 3.20. The Morgan fingerprint density at radius 3 is 2.56 bits per heavy atom. The maximum absolute atomic E-state index is 12.2. The van der Waals surface area contributed by atoms with Gasteiger partial charge in [0.15, 0.2) is 0 Å². The van der Waals surface area contributed by atoms with E-state index < -0.39 is 0 Å². The Kier molecular flexibility index (Phi) is 6.00. The Balaban J connectivity index is 2.94. The largest absolute Gasteiger partial charge is 0.338 e. The van der Waals surface area contributed by atoms with Crippen LogP contribution in [0, 0.1) is 0 Å². The van der Waals surface area contributed by atoms with Gasteiger partial charge in [-0.25, -0.2) is 0 Å². The highest BCUT2D eigenvalue weighted by atomic mass is 79.9. The average Bonchev–Trinajstić information content (AvgIpc) is 2.25. The van der Waals surface area contributed by atoms with Crippen molar-refractivity contribution < 1.29 is 4.79 Å². The molecule has 1 rings (SSSR count). The molecule has 0 unspecified atom stereocenters. The second kappa shape index (κ2) is 6.77. The van der Waals surface area contributed by atoms with E-state index in [2.05, 4.69) is 47.8 Å². The summed E-state index contributed by atoms with van der Waals surface area (Å²) in [6, 6.07) is 5.59. The van der Waals surface area contributed by atoms with Crippen molar-refractivity contribution in [2.24, 2.45) is 0 Å². The van der Waals surface area contributed by atoms with Gasteiger partial charge in [0.25, 0.3) is 5.91 Å². The zero-order chi connectivity index (χ0) is 12.1. The molecule has 1 aromatic rings.